The standard InChI is InChI=1S/C19H23F4N3O4/c1-9-13-14(19(21,22)23)29-15(25-16(27)30-17(2,3)4)26-18(13,8-28-9)11-7-10(24)5-6-12(11)20/h5-7,9,13-14H,8,24H2,1-4H3,(H,25,26,27)/t9-,13?,14+,18?/m1/s1. The van der Waals surface area contributed by atoms with Crippen molar-refractivity contribution in [2.75, 3.05) is 12.3 Å². The number of hydrogen-bond donors (Lipinski definition) is 2. The van der Waals surface area contributed by atoms with Gasteiger partial charge in [-0.15, -0.1) is 0 Å². The molecule has 0 radical (unpaired) electrons. The van der Waals surface area contributed by atoms with E-state index >= 15 is 0 Å². The van der Waals surface area contributed by atoms with Gasteiger partial charge in [-0.05, 0) is 45.9 Å². The van der Waals surface area contributed by atoms with Crippen LogP contribution in [-0.2, 0) is 19.7 Å². The number of alkyl halides is 3. The topological polar surface area (TPSA) is 95.2 Å². The van der Waals surface area contributed by atoms with Crippen LogP contribution in [0.5, 0.6) is 0 Å². The summed E-state index contributed by atoms with van der Waals surface area (Å²) in [5, 5.41) is 2.09. The van der Waals surface area contributed by atoms with E-state index in [0.29, 0.717) is 0 Å². The molecule has 3 rings (SSSR count). The largest absolute Gasteiger partial charge is 0.451 e. The fourth-order valence-corrected chi connectivity index (χ4v) is 3.76. The molecule has 7 nitrogen and oxygen atoms in total. The van der Waals surface area contributed by atoms with E-state index in [9.17, 15) is 22.4 Å². The molecule has 1 saturated heterocycles. The van der Waals surface area contributed by atoms with Crippen LogP contribution in [0.4, 0.5) is 28.0 Å². The third-order valence-electron chi connectivity index (χ3n) is 4.88. The predicted molar refractivity (Wildman–Crippen MR) is 99.1 cm³/mol. The summed E-state index contributed by atoms with van der Waals surface area (Å²) in [5.41, 5.74) is 3.02. The molecule has 2 unspecified atom stereocenters. The number of hydrogen-bond acceptors (Lipinski definition) is 6. The molecule has 11 heteroatoms. The number of aliphatic imine (C=N–C) groups is 1. The number of nitrogens with two attached hydrogens (primary N) is 1. The molecule has 1 amide bonds. The summed E-state index contributed by atoms with van der Waals surface area (Å²) >= 11 is 0. The number of carbonyl (C=O) groups is 1. The molecular weight excluding hydrogens is 410 g/mol. The van der Waals surface area contributed by atoms with Gasteiger partial charge in [0.1, 0.15) is 17.0 Å². The van der Waals surface area contributed by atoms with Gasteiger partial charge in [0, 0.05) is 11.3 Å². The minimum atomic E-state index is -4.84. The van der Waals surface area contributed by atoms with Crippen LogP contribution < -0.4 is 11.1 Å². The van der Waals surface area contributed by atoms with Crippen LogP contribution in [0.2, 0.25) is 0 Å². The molecule has 3 N–H and O–H groups in total. The number of nitrogen functional groups attached to an aromatic ring is 1. The Labute approximate surface area is 170 Å². The summed E-state index contributed by atoms with van der Waals surface area (Å²) in [6, 6.07) is 2.82. The number of alkyl carbamates (subject to hydrolysis) is 1. The molecule has 1 aromatic carbocycles. The molecule has 1 aromatic rings. The van der Waals surface area contributed by atoms with E-state index < -0.39 is 53.4 Å². The number of amidine groups is 1. The number of nitrogens with one attached hydrogen (secondary N) is 1. The molecule has 0 aromatic heterocycles. The summed E-state index contributed by atoms with van der Waals surface area (Å²) in [6.45, 7) is 5.83. The lowest BCUT2D eigenvalue weighted by atomic mass is 9.74. The normalized spacial score (nSPS) is 28.9. The molecule has 2 aliphatic rings. The van der Waals surface area contributed by atoms with Gasteiger partial charge < -0.3 is 19.9 Å². The Balaban J connectivity index is 2.12. The second-order valence-electron chi connectivity index (χ2n) is 8.33. The van der Waals surface area contributed by atoms with Gasteiger partial charge in [0.15, 0.2) is 0 Å². The van der Waals surface area contributed by atoms with Crippen molar-refractivity contribution in [3.8, 4) is 0 Å². The van der Waals surface area contributed by atoms with Crippen molar-refractivity contribution in [1.29, 1.82) is 0 Å². The zero-order valence-electron chi connectivity index (χ0n) is 16.8. The SMILES string of the molecule is C[C@H]1OCC2(c3cc(N)ccc3F)N=C(NC(=O)OC(C)(C)C)O[C@H](C(F)(F)F)C12. The maximum atomic E-state index is 14.7. The van der Waals surface area contributed by atoms with Crippen LogP contribution in [0, 0.1) is 11.7 Å². The van der Waals surface area contributed by atoms with Crippen LogP contribution >= 0.6 is 0 Å². The fraction of sp³-hybridized carbons (Fsp3) is 0.579. The van der Waals surface area contributed by atoms with Gasteiger partial charge in [0.05, 0.1) is 18.6 Å². The lowest BCUT2D eigenvalue weighted by Gasteiger charge is -2.41. The number of nitrogens with zero attached hydrogens (tertiary/aromatic N) is 1. The van der Waals surface area contributed by atoms with Crippen LogP contribution in [0.25, 0.3) is 0 Å². The Morgan fingerprint density at radius 2 is 2.00 bits per heavy atom. The Morgan fingerprint density at radius 3 is 2.60 bits per heavy atom. The van der Waals surface area contributed by atoms with Gasteiger partial charge in [0.25, 0.3) is 6.02 Å². The molecule has 166 valence electrons. The Morgan fingerprint density at radius 1 is 1.33 bits per heavy atom. The maximum Gasteiger partial charge on any atom is 0.426 e. The number of ether oxygens (including phenoxy) is 3. The summed E-state index contributed by atoms with van der Waals surface area (Å²) in [7, 11) is 0. The smallest absolute Gasteiger partial charge is 0.426 e. The number of anilines is 1. The minimum absolute atomic E-state index is 0.144. The van der Waals surface area contributed by atoms with Crippen molar-refractivity contribution in [1.82, 2.24) is 5.32 Å². The Hall–Kier alpha value is -2.56. The Kier molecular flexibility index (Phi) is 5.38. The third kappa shape index (κ3) is 4.16. The van der Waals surface area contributed by atoms with E-state index in [1.165, 1.54) is 19.1 Å². The first kappa shape index (κ1) is 22.1. The highest BCUT2D eigenvalue weighted by Crippen LogP contribution is 2.51. The number of halogens is 4. The number of amides is 1. The third-order valence-corrected chi connectivity index (χ3v) is 4.88. The van der Waals surface area contributed by atoms with E-state index in [4.69, 9.17) is 19.9 Å². The zero-order chi connectivity index (χ0) is 22.5. The summed E-state index contributed by atoms with van der Waals surface area (Å²) in [5.74, 6) is -2.20. The van der Waals surface area contributed by atoms with Crippen LogP contribution in [0.3, 0.4) is 0 Å². The van der Waals surface area contributed by atoms with Crippen molar-refractivity contribution in [3.63, 3.8) is 0 Å². The van der Waals surface area contributed by atoms with Crippen molar-refractivity contribution >= 4 is 17.8 Å². The van der Waals surface area contributed by atoms with E-state index in [-0.39, 0.29) is 17.9 Å². The average molecular weight is 433 g/mol. The number of fused-ring (bicyclic) bond motifs is 1. The van der Waals surface area contributed by atoms with E-state index in [2.05, 4.69) is 10.3 Å². The second-order valence-corrected chi connectivity index (χ2v) is 8.33. The van der Waals surface area contributed by atoms with Gasteiger partial charge in [-0.25, -0.2) is 19.5 Å². The molecule has 0 bridgehead atoms. The highest BCUT2D eigenvalue weighted by molar-refractivity contribution is 5.91. The summed E-state index contributed by atoms with van der Waals surface area (Å²) in [6.07, 6.45) is -9.26. The first-order chi connectivity index (χ1) is 13.7. The van der Waals surface area contributed by atoms with Crippen molar-refractivity contribution in [3.05, 3.63) is 29.6 Å². The van der Waals surface area contributed by atoms with Gasteiger partial charge >= 0.3 is 12.3 Å². The predicted octanol–water partition coefficient (Wildman–Crippen LogP) is 3.48. The highest BCUT2D eigenvalue weighted by atomic mass is 19.4. The Bertz CT molecular complexity index is 868. The van der Waals surface area contributed by atoms with E-state index in [1.54, 1.807) is 20.8 Å². The van der Waals surface area contributed by atoms with Crippen LogP contribution in [-0.4, -0.2) is 42.7 Å². The molecule has 2 heterocycles. The van der Waals surface area contributed by atoms with Gasteiger partial charge in [-0.1, -0.05) is 0 Å². The van der Waals surface area contributed by atoms with Gasteiger partial charge in [-0.3, -0.25) is 0 Å². The summed E-state index contributed by atoms with van der Waals surface area (Å²) in [4.78, 5) is 16.3. The van der Waals surface area contributed by atoms with Crippen molar-refractivity contribution in [2.45, 2.75) is 57.2 Å². The lowest BCUT2D eigenvalue weighted by molar-refractivity contribution is -0.227. The molecular formula is C19H23F4N3O4. The van der Waals surface area contributed by atoms with Crippen molar-refractivity contribution < 1.29 is 36.6 Å². The molecule has 2 aliphatic heterocycles. The zero-order valence-corrected chi connectivity index (χ0v) is 16.8. The second kappa shape index (κ2) is 7.29. The molecule has 0 aliphatic carbocycles. The summed E-state index contributed by atoms with van der Waals surface area (Å²) < 4.78 is 72.0. The molecule has 0 spiro atoms. The van der Waals surface area contributed by atoms with Crippen molar-refractivity contribution in [2.24, 2.45) is 10.9 Å². The molecule has 4 atom stereocenters. The van der Waals surface area contributed by atoms with E-state index in [1.807, 2.05) is 0 Å². The number of carbonyl (C=O) groups excluding carboxylic acids is 1. The highest BCUT2D eigenvalue weighted by Gasteiger charge is 2.64. The lowest BCUT2D eigenvalue weighted by Crippen LogP contribution is -2.57. The number of benzene rings is 1. The molecule has 30 heavy (non-hydrogen) atoms. The first-order valence-electron chi connectivity index (χ1n) is 9.23. The van der Waals surface area contributed by atoms with Crippen LogP contribution in [0.1, 0.15) is 33.3 Å². The van der Waals surface area contributed by atoms with Gasteiger partial charge in [-0.2, -0.15) is 13.2 Å². The number of rotatable bonds is 1. The fourth-order valence-electron chi connectivity index (χ4n) is 3.76. The quantitative estimate of drug-likeness (QED) is 0.522. The van der Waals surface area contributed by atoms with E-state index in [0.717, 1.165) is 6.07 Å². The monoisotopic (exact) mass is 433 g/mol. The minimum Gasteiger partial charge on any atom is -0.451 e. The van der Waals surface area contributed by atoms with Gasteiger partial charge in [0.2, 0.25) is 6.10 Å². The van der Waals surface area contributed by atoms with Crippen LogP contribution in [0.15, 0.2) is 23.2 Å². The molecule has 0 saturated carbocycles. The molecule has 1 fully saturated rings. The first-order valence-corrected chi connectivity index (χ1v) is 9.23. The average Bonchev–Trinajstić information content (AvgIpc) is 2.91. The maximum absolute atomic E-state index is 14.7.